The number of nitrogens with two attached hydrogens (primary N) is 1. The first-order chi connectivity index (χ1) is 18.7. The van der Waals surface area contributed by atoms with Gasteiger partial charge in [-0.25, -0.2) is 13.2 Å². The summed E-state index contributed by atoms with van der Waals surface area (Å²) >= 11 is 0. The Balaban J connectivity index is 1.32. The monoisotopic (exact) mass is 547 g/mol. The molecule has 1 saturated heterocycles. The fourth-order valence-corrected chi connectivity index (χ4v) is 7.14. The molecule has 4 heterocycles. The van der Waals surface area contributed by atoms with Crippen LogP contribution in [-0.4, -0.2) is 79.1 Å². The molecule has 6 rings (SSSR count). The standard InChI is InChI=1S/C29H33N5O4S/c1-39(37,38)32-15-11-21(12-16-32)27-18-24-25(9-4-10-26(24)34(27)29(30)36)31-14-5-7-22(19-31)33-17-13-20-6-2-3-8-23(20)28(33)35/h2-4,6,8-11,18,22H,5,7,12-17,19H2,1H3,(H2,30,36)/t22-/m1/s1. The van der Waals surface area contributed by atoms with Gasteiger partial charge in [-0.15, -0.1) is 0 Å². The summed E-state index contributed by atoms with van der Waals surface area (Å²) in [6.45, 7) is 2.92. The normalized spacial score (nSPS) is 20.7. The number of nitrogens with zero attached hydrogens (tertiary/aromatic N) is 4. The molecule has 3 aromatic rings. The summed E-state index contributed by atoms with van der Waals surface area (Å²) in [5, 5.41) is 0.925. The van der Waals surface area contributed by atoms with Crippen molar-refractivity contribution in [1.82, 2.24) is 13.8 Å². The van der Waals surface area contributed by atoms with Crippen molar-refractivity contribution in [3.05, 3.63) is 71.4 Å². The molecule has 1 aromatic heterocycles. The van der Waals surface area contributed by atoms with Crippen molar-refractivity contribution in [1.29, 1.82) is 0 Å². The highest BCUT2D eigenvalue weighted by atomic mass is 32.2. The molecule has 0 aliphatic carbocycles. The second-order valence-corrected chi connectivity index (χ2v) is 12.6. The van der Waals surface area contributed by atoms with Crippen molar-refractivity contribution in [3.8, 4) is 0 Å². The summed E-state index contributed by atoms with van der Waals surface area (Å²) in [5.74, 6) is 0.108. The molecule has 204 valence electrons. The molecule has 2 aromatic carbocycles. The maximum Gasteiger partial charge on any atom is 0.323 e. The molecule has 3 aliphatic rings. The van der Waals surface area contributed by atoms with Crippen molar-refractivity contribution < 1.29 is 18.0 Å². The van der Waals surface area contributed by atoms with E-state index in [0.29, 0.717) is 18.7 Å². The third kappa shape index (κ3) is 4.61. The SMILES string of the molecule is CS(=O)(=O)N1CC=C(c2cc3c(N4CCC[C@@H](N5CCc6ccccc6C5=O)C4)cccc3n2C(N)=O)CC1. The lowest BCUT2D eigenvalue weighted by molar-refractivity contribution is 0.0641. The van der Waals surface area contributed by atoms with Gasteiger partial charge < -0.3 is 15.5 Å². The Bertz CT molecular complexity index is 1610. The van der Waals surface area contributed by atoms with Crippen molar-refractivity contribution in [2.24, 2.45) is 5.73 Å². The van der Waals surface area contributed by atoms with Crippen LogP contribution in [0, 0.1) is 0 Å². The third-order valence-electron chi connectivity index (χ3n) is 8.32. The zero-order chi connectivity index (χ0) is 27.3. The Morgan fingerprint density at radius 3 is 2.59 bits per heavy atom. The predicted octanol–water partition coefficient (Wildman–Crippen LogP) is 3.28. The number of anilines is 1. The predicted molar refractivity (Wildman–Crippen MR) is 152 cm³/mol. The van der Waals surface area contributed by atoms with E-state index in [9.17, 15) is 18.0 Å². The Morgan fingerprint density at radius 1 is 1.03 bits per heavy atom. The Labute approximate surface area is 228 Å². The highest BCUT2D eigenvalue weighted by Gasteiger charge is 2.33. The molecule has 1 atom stereocenters. The Kier molecular flexibility index (Phi) is 6.47. The van der Waals surface area contributed by atoms with E-state index in [4.69, 9.17) is 5.73 Å². The topological polar surface area (TPSA) is 109 Å². The lowest BCUT2D eigenvalue weighted by atomic mass is 9.95. The second-order valence-electron chi connectivity index (χ2n) is 10.7. The summed E-state index contributed by atoms with van der Waals surface area (Å²) in [7, 11) is -3.28. The van der Waals surface area contributed by atoms with E-state index in [1.807, 2.05) is 53.4 Å². The molecule has 10 heteroatoms. The molecule has 1 fully saturated rings. The van der Waals surface area contributed by atoms with Crippen LogP contribution in [0.1, 0.15) is 40.9 Å². The van der Waals surface area contributed by atoms with Crippen LogP contribution in [0.5, 0.6) is 0 Å². The van der Waals surface area contributed by atoms with E-state index < -0.39 is 16.1 Å². The number of primary amides is 1. The van der Waals surface area contributed by atoms with Crippen LogP contribution in [0.25, 0.3) is 16.5 Å². The van der Waals surface area contributed by atoms with Crippen molar-refractivity contribution in [3.63, 3.8) is 0 Å². The molecule has 39 heavy (non-hydrogen) atoms. The smallest absolute Gasteiger partial charge is 0.323 e. The van der Waals surface area contributed by atoms with E-state index in [-0.39, 0.29) is 18.5 Å². The van der Waals surface area contributed by atoms with Crippen LogP contribution in [-0.2, 0) is 16.4 Å². The number of piperidine rings is 1. The maximum atomic E-state index is 13.4. The van der Waals surface area contributed by atoms with E-state index >= 15 is 0 Å². The van der Waals surface area contributed by atoms with Crippen LogP contribution in [0.4, 0.5) is 10.5 Å². The van der Waals surface area contributed by atoms with Gasteiger partial charge in [-0.1, -0.05) is 30.3 Å². The van der Waals surface area contributed by atoms with Gasteiger partial charge in [0.1, 0.15) is 0 Å². The lowest BCUT2D eigenvalue weighted by Gasteiger charge is -2.42. The van der Waals surface area contributed by atoms with Gasteiger partial charge in [-0.2, -0.15) is 4.31 Å². The van der Waals surface area contributed by atoms with E-state index in [2.05, 4.69) is 11.0 Å². The number of sulfonamides is 1. The second kappa shape index (κ2) is 9.84. The van der Waals surface area contributed by atoms with Gasteiger partial charge in [-0.3, -0.25) is 9.36 Å². The zero-order valence-corrected chi connectivity index (χ0v) is 22.9. The third-order valence-corrected chi connectivity index (χ3v) is 9.59. The first-order valence-electron chi connectivity index (χ1n) is 13.4. The van der Waals surface area contributed by atoms with E-state index in [1.54, 1.807) is 0 Å². The number of rotatable bonds is 4. The van der Waals surface area contributed by atoms with Gasteiger partial charge in [-0.05, 0) is 61.1 Å². The molecular formula is C29H33N5O4S. The van der Waals surface area contributed by atoms with Gasteiger partial charge in [0.15, 0.2) is 0 Å². The fraction of sp³-hybridized carbons (Fsp3) is 0.379. The minimum atomic E-state index is -3.28. The molecule has 0 spiro atoms. The van der Waals surface area contributed by atoms with E-state index in [1.165, 1.54) is 15.1 Å². The molecule has 0 radical (unpaired) electrons. The number of hydrogen-bond acceptors (Lipinski definition) is 5. The van der Waals surface area contributed by atoms with Crippen LogP contribution in [0.3, 0.4) is 0 Å². The van der Waals surface area contributed by atoms with Gasteiger partial charge in [0.2, 0.25) is 10.0 Å². The van der Waals surface area contributed by atoms with Gasteiger partial charge >= 0.3 is 6.03 Å². The Hall–Kier alpha value is -3.63. The number of benzene rings is 2. The van der Waals surface area contributed by atoms with E-state index in [0.717, 1.165) is 72.2 Å². The fourth-order valence-electron chi connectivity index (χ4n) is 6.37. The first-order valence-corrected chi connectivity index (χ1v) is 15.3. The minimum Gasteiger partial charge on any atom is -0.369 e. The quantitative estimate of drug-likeness (QED) is 0.539. The number of fused-ring (bicyclic) bond motifs is 2. The number of aromatic nitrogens is 1. The first kappa shape index (κ1) is 25.6. The summed E-state index contributed by atoms with van der Waals surface area (Å²) in [5.41, 5.74) is 11.1. The highest BCUT2D eigenvalue weighted by Crippen LogP contribution is 2.36. The molecule has 0 bridgehead atoms. The van der Waals surface area contributed by atoms with Gasteiger partial charge in [0, 0.05) is 55.4 Å². The Morgan fingerprint density at radius 2 is 1.85 bits per heavy atom. The largest absolute Gasteiger partial charge is 0.369 e. The summed E-state index contributed by atoms with van der Waals surface area (Å²) < 4.78 is 26.9. The number of carbonyl (C=O) groups excluding carboxylic acids is 2. The summed E-state index contributed by atoms with van der Waals surface area (Å²) in [6.07, 6.45) is 6.36. The summed E-state index contributed by atoms with van der Waals surface area (Å²) in [6, 6.07) is 15.3. The molecule has 3 aliphatic heterocycles. The summed E-state index contributed by atoms with van der Waals surface area (Å²) in [4.78, 5) is 30.4. The zero-order valence-electron chi connectivity index (χ0n) is 22.0. The van der Waals surface area contributed by atoms with Gasteiger partial charge in [0.05, 0.1) is 17.5 Å². The molecule has 9 nitrogen and oxygen atoms in total. The maximum absolute atomic E-state index is 13.4. The van der Waals surface area contributed by atoms with Crippen molar-refractivity contribution >= 4 is 44.1 Å². The molecule has 2 amide bonds. The number of hydrogen-bond donors (Lipinski definition) is 1. The molecule has 0 saturated carbocycles. The van der Waals surface area contributed by atoms with Crippen molar-refractivity contribution in [2.75, 3.05) is 43.9 Å². The van der Waals surface area contributed by atoms with Crippen LogP contribution in [0.15, 0.2) is 54.6 Å². The van der Waals surface area contributed by atoms with Crippen LogP contribution < -0.4 is 10.6 Å². The minimum absolute atomic E-state index is 0.107. The average Bonchev–Trinajstić information content (AvgIpc) is 3.33. The molecular weight excluding hydrogens is 514 g/mol. The van der Waals surface area contributed by atoms with Crippen LogP contribution in [0.2, 0.25) is 0 Å². The van der Waals surface area contributed by atoms with Crippen LogP contribution >= 0.6 is 0 Å². The average molecular weight is 548 g/mol. The highest BCUT2D eigenvalue weighted by molar-refractivity contribution is 7.88. The lowest BCUT2D eigenvalue weighted by Crippen LogP contribution is -2.52. The number of amides is 2. The molecule has 0 unspecified atom stereocenters. The number of carbonyl (C=O) groups is 2. The molecule has 2 N–H and O–H groups in total. The van der Waals surface area contributed by atoms with Gasteiger partial charge in [0.25, 0.3) is 5.91 Å². The van der Waals surface area contributed by atoms with Crippen molar-refractivity contribution in [2.45, 2.75) is 31.7 Å².